The second-order valence-corrected chi connectivity index (χ2v) is 5.08. The second-order valence-electron chi connectivity index (χ2n) is 4.70. The maximum atomic E-state index is 11.9. The number of anilines is 1. The summed E-state index contributed by atoms with van der Waals surface area (Å²) < 4.78 is 5.42. The fourth-order valence-electron chi connectivity index (χ4n) is 1.35. The lowest BCUT2D eigenvalue weighted by Crippen LogP contribution is -2.35. The highest BCUT2D eigenvalue weighted by atomic mass is 35.5. The molecule has 1 aromatic heterocycles. The molecule has 0 saturated carbocycles. The Morgan fingerprint density at radius 2 is 2.25 bits per heavy atom. The van der Waals surface area contributed by atoms with Crippen molar-refractivity contribution in [3.05, 3.63) is 21.6 Å². The third-order valence-electron chi connectivity index (χ3n) is 2.88. The number of hydrogen-bond acceptors (Lipinski definition) is 6. The Labute approximate surface area is 122 Å². The van der Waals surface area contributed by atoms with Gasteiger partial charge in [-0.25, -0.2) is 4.68 Å². The van der Waals surface area contributed by atoms with Crippen LogP contribution in [0.15, 0.2) is 11.0 Å². The Balaban J connectivity index is 2.84. The predicted octanol–water partition coefficient (Wildman–Crippen LogP) is 0.465. The smallest absolute Gasteiger partial charge is 0.327 e. The lowest BCUT2D eigenvalue weighted by Gasteiger charge is -2.17. The van der Waals surface area contributed by atoms with Crippen LogP contribution < -0.4 is 16.6 Å². The molecule has 0 aliphatic carbocycles. The van der Waals surface area contributed by atoms with Crippen molar-refractivity contribution < 1.29 is 9.53 Å². The van der Waals surface area contributed by atoms with E-state index >= 15 is 0 Å². The highest BCUT2D eigenvalue weighted by Crippen LogP contribution is 2.15. The van der Waals surface area contributed by atoms with Crippen molar-refractivity contribution in [3.8, 4) is 0 Å². The average molecular weight is 303 g/mol. The first-order chi connectivity index (χ1) is 9.36. The van der Waals surface area contributed by atoms with Gasteiger partial charge in [-0.1, -0.05) is 25.4 Å². The Kier molecular flexibility index (Phi) is 5.97. The van der Waals surface area contributed by atoms with Gasteiger partial charge in [-0.2, -0.15) is 5.10 Å². The van der Waals surface area contributed by atoms with Gasteiger partial charge in [0.05, 0.1) is 19.0 Å². The van der Waals surface area contributed by atoms with E-state index in [1.807, 2.05) is 13.8 Å². The fourth-order valence-corrected chi connectivity index (χ4v) is 1.56. The standard InChI is InChI=1S/C12H19ClN4O3/c1-7(2)8(14)4-15-9-5-16-17(6-10(18)20-3)12(19)11(9)13/h5,7-8,15H,4,6,14H2,1-3H3. The zero-order valence-corrected chi connectivity index (χ0v) is 12.5. The van der Waals surface area contributed by atoms with Gasteiger partial charge in [0.2, 0.25) is 0 Å². The van der Waals surface area contributed by atoms with Crippen molar-refractivity contribution in [1.29, 1.82) is 0 Å². The van der Waals surface area contributed by atoms with E-state index in [0.717, 1.165) is 4.68 Å². The minimum Gasteiger partial charge on any atom is -0.468 e. The summed E-state index contributed by atoms with van der Waals surface area (Å²) in [6.45, 7) is 4.20. The van der Waals surface area contributed by atoms with Crippen molar-refractivity contribution >= 4 is 23.3 Å². The largest absolute Gasteiger partial charge is 0.468 e. The van der Waals surface area contributed by atoms with E-state index in [0.29, 0.717) is 18.2 Å². The van der Waals surface area contributed by atoms with Gasteiger partial charge >= 0.3 is 5.97 Å². The Morgan fingerprint density at radius 1 is 1.60 bits per heavy atom. The van der Waals surface area contributed by atoms with Gasteiger partial charge < -0.3 is 15.8 Å². The summed E-state index contributed by atoms with van der Waals surface area (Å²) in [7, 11) is 1.23. The molecule has 0 bridgehead atoms. The molecular weight excluding hydrogens is 284 g/mol. The molecule has 1 unspecified atom stereocenters. The number of ether oxygens (including phenoxy) is 1. The number of nitrogens with zero attached hydrogens (tertiary/aromatic N) is 2. The van der Waals surface area contributed by atoms with E-state index in [1.165, 1.54) is 13.3 Å². The van der Waals surface area contributed by atoms with Crippen LogP contribution in [-0.4, -0.2) is 35.4 Å². The molecule has 3 N–H and O–H groups in total. The monoisotopic (exact) mass is 302 g/mol. The van der Waals surface area contributed by atoms with E-state index in [4.69, 9.17) is 17.3 Å². The van der Waals surface area contributed by atoms with Crippen LogP contribution in [0.1, 0.15) is 13.8 Å². The van der Waals surface area contributed by atoms with Crippen molar-refractivity contribution in [1.82, 2.24) is 9.78 Å². The highest BCUT2D eigenvalue weighted by molar-refractivity contribution is 6.32. The molecule has 0 aliphatic rings. The van der Waals surface area contributed by atoms with Gasteiger partial charge in [0.25, 0.3) is 5.56 Å². The summed E-state index contributed by atoms with van der Waals surface area (Å²) in [5, 5.41) is 6.82. The number of esters is 1. The van der Waals surface area contributed by atoms with Crippen LogP contribution in [0.3, 0.4) is 0 Å². The van der Waals surface area contributed by atoms with Crippen LogP contribution in [0, 0.1) is 5.92 Å². The lowest BCUT2D eigenvalue weighted by molar-refractivity contribution is -0.141. The summed E-state index contributed by atoms with van der Waals surface area (Å²) in [6, 6.07) is -0.0661. The van der Waals surface area contributed by atoms with Crippen LogP contribution in [0.4, 0.5) is 5.69 Å². The average Bonchev–Trinajstić information content (AvgIpc) is 2.42. The maximum Gasteiger partial charge on any atom is 0.327 e. The minimum atomic E-state index is -0.571. The quantitative estimate of drug-likeness (QED) is 0.741. The van der Waals surface area contributed by atoms with E-state index < -0.39 is 11.5 Å². The predicted molar refractivity (Wildman–Crippen MR) is 76.8 cm³/mol. The summed E-state index contributed by atoms with van der Waals surface area (Å²) >= 11 is 5.96. The molecule has 0 amide bonds. The number of carbonyl (C=O) groups is 1. The molecule has 1 aromatic rings. The fraction of sp³-hybridized carbons (Fsp3) is 0.583. The van der Waals surface area contributed by atoms with Gasteiger partial charge in [0.15, 0.2) is 0 Å². The zero-order chi connectivity index (χ0) is 15.3. The summed E-state index contributed by atoms with van der Waals surface area (Å²) in [6.07, 6.45) is 1.39. The molecule has 0 saturated heterocycles. The van der Waals surface area contributed by atoms with Crippen LogP contribution in [-0.2, 0) is 16.1 Å². The van der Waals surface area contributed by atoms with Gasteiger partial charge in [-0.05, 0) is 5.92 Å². The number of carbonyl (C=O) groups excluding carboxylic acids is 1. The summed E-state index contributed by atoms with van der Waals surface area (Å²) in [5.74, 6) is -0.271. The molecule has 20 heavy (non-hydrogen) atoms. The number of nitrogens with one attached hydrogen (secondary N) is 1. The van der Waals surface area contributed by atoms with Gasteiger partial charge in [0, 0.05) is 12.6 Å². The third-order valence-corrected chi connectivity index (χ3v) is 3.24. The van der Waals surface area contributed by atoms with Crippen molar-refractivity contribution in [2.45, 2.75) is 26.4 Å². The van der Waals surface area contributed by atoms with Crippen LogP contribution in [0.5, 0.6) is 0 Å². The molecule has 1 atom stereocenters. The van der Waals surface area contributed by atoms with E-state index in [2.05, 4.69) is 15.2 Å². The van der Waals surface area contributed by atoms with Gasteiger partial charge in [0.1, 0.15) is 11.6 Å². The lowest BCUT2D eigenvalue weighted by atomic mass is 10.1. The molecule has 0 fully saturated rings. The number of rotatable bonds is 6. The van der Waals surface area contributed by atoms with Crippen LogP contribution >= 0.6 is 11.6 Å². The molecule has 0 aromatic carbocycles. The number of halogens is 1. The molecule has 8 heteroatoms. The van der Waals surface area contributed by atoms with E-state index in [9.17, 15) is 9.59 Å². The number of aromatic nitrogens is 2. The Bertz CT molecular complexity index is 530. The number of hydrogen-bond donors (Lipinski definition) is 2. The molecule has 0 spiro atoms. The Hall–Kier alpha value is -1.60. The zero-order valence-electron chi connectivity index (χ0n) is 11.7. The first-order valence-corrected chi connectivity index (χ1v) is 6.56. The molecule has 1 heterocycles. The molecule has 0 aliphatic heterocycles. The summed E-state index contributed by atoms with van der Waals surface area (Å²) in [5.41, 5.74) is 5.74. The first-order valence-electron chi connectivity index (χ1n) is 6.18. The van der Waals surface area contributed by atoms with Crippen LogP contribution in [0.25, 0.3) is 0 Å². The maximum absolute atomic E-state index is 11.9. The van der Waals surface area contributed by atoms with Gasteiger partial charge in [-0.15, -0.1) is 0 Å². The van der Waals surface area contributed by atoms with Gasteiger partial charge in [-0.3, -0.25) is 9.59 Å². The Morgan fingerprint density at radius 3 is 2.80 bits per heavy atom. The van der Waals surface area contributed by atoms with Crippen molar-refractivity contribution in [3.63, 3.8) is 0 Å². The minimum absolute atomic E-state index is 0.0279. The van der Waals surface area contributed by atoms with Crippen molar-refractivity contribution in [2.75, 3.05) is 19.0 Å². The third kappa shape index (κ3) is 4.21. The first kappa shape index (κ1) is 16.5. The molecule has 1 rings (SSSR count). The SMILES string of the molecule is COC(=O)Cn1ncc(NCC(N)C(C)C)c(Cl)c1=O. The highest BCUT2D eigenvalue weighted by Gasteiger charge is 2.13. The molecule has 7 nitrogen and oxygen atoms in total. The molecule has 0 radical (unpaired) electrons. The molecular formula is C12H19ClN4O3. The second kappa shape index (κ2) is 7.25. The van der Waals surface area contributed by atoms with E-state index in [-0.39, 0.29) is 17.6 Å². The molecule has 112 valence electrons. The normalized spacial score (nSPS) is 12.3. The topological polar surface area (TPSA) is 99.2 Å². The summed E-state index contributed by atoms with van der Waals surface area (Å²) in [4.78, 5) is 23.0. The van der Waals surface area contributed by atoms with Crippen molar-refractivity contribution in [2.24, 2.45) is 11.7 Å². The van der Waals surface area contributed by atoms with E-state index in [1.54, 1.807) is 0 Å². The number of nitrogens with two attached hydrogens (primary N) is 1. The number of methoxy groups -OCH3 is 1. The van der Waals surface area contributed by atoms with Crippen LogP contribution in [0.2, 0.25) is 5.02 Å².